The van der Waals surface area contributed by atoms with Gasteiger partial charge in [0, 0.05) is 6.42 Å². The molecule has 150 valence electrons. The molecule has 1 saturated heterocycles. The number of unbranched alkanes of at least 4 members (excludes halogenated alkanes) is 1. The van der Waals surface area contributed by atoms with Crippen LogP contribution in [0, 0.1) is 0 Å². The second-order valence-corrected chi connectivity index (χ2v) is 13.9. The molecule has 1 aliphatic rings. The van der Waals surface area contributed by atoms with Crippen molar-refractivity contribution in [1.82, 2.24) is 0 Å². The van der Waals surface area contributed by atoms with Crippen LogP contribution >= 0.6 is 0 Å². The zero-order valence-electron chi connectivity index (χ0n) is 18.0. The summed E-state index contributed by atoms with van der Waals surface area (Å²) < 4.78 is 17.7. The number of benzene rings is 1. The summed E-state index contributed by atoms with van der Waals surface area (Å²) in [5.41, 5.74) is -0.342. The van der Waals surface area contributed by atoms with Crippen molar-refractivity contribution in [2.24, 2.45) is 0 Å². The number of carbonyl (C=O) groups is 1. The van der Waals surface area contributed by atoms with Gasteiger partial charge >= 0.3 is 13.1 Å². The van der Waals surface area contributed by atoms with Gasteiger partial charge in [0.15, 0.2) is 0 Å². The first-order valence-electron chi connectivity index (χ1n) is 9.99. The van der Waals surface area contributed by atoms with E-state index in [9.17, 15) is 4.79 Å². The van der Waals surface area contributed by atoms with Gasteiger partial charge in [-0.3, -0.25) is 4.79 Å². The van der Waals surface area contributed by atoms with Crippen LogP contribution in [0.3, 0.4) is 0 Å². The Morgan fingerprint density at radius 2 is 1.63 bits per heavy atom. The van der Waals surface area contributed by atoms with Crippen LogP contribution < -0.4 is 5.19 Å². The molecule has 0 saturated carbocycles. The fourth-order valence-corrected chi connectivity index (χ4v) is 6.93. The molecule has 0 N–H and O–H groups in total. The predicted octanol–water partition coefficient (Wildman–Crippen LogP) is 4.34. The van der Waals surface area contributed by atoms with Crippen molar-refractivity contribution in [1.29, 1.82) is 0 Å². The van der Waals surface area contributed by atoms with E-state index in [-0.39, 0.29) is 24.3 Å². The molecule has 0 aromatic heterocycles. The Morgan fingerprint density at radius 1 is 1.07 bits per heavy atom. The highest BCUT2D eigenvalue weighted by molar-refractivity contribution is 6.97. The summed E-state index contributed by atoms with van der Waals surface area (Å²) in [6.45, 7) is 13.2. The highest BCUT2D eigenvalue weighted by Crippen LogP contribution is 2.44. The Labute approximate surface area is 166 Å². The Morgan fingerprint density at radius 3 is 2.15 bits per heavy atom. The Hall–Kier alpha value is -1.11. The highest BCUT2D eigenvalue weighted by Gasteiger charge is 2.56. The van der Waals surface area contributed by atoms with Crippen molar-refractivity contribution in [2.75, 3.05) is 7.11 Å². The molecule has 1 aromatic rings. The largest absolute Gasteiger partial charge is 0.469 e. The summed E-state index contributed by atoms with van der Waals surface area (Å²) in [6.07, 6.45) is 3.26. The van der Waals surface area contributed by atoms with Gasteiger partial charge in [0.2, 0.25) is 0 Å². The molecule has 1 aromatic carbocycles. The van der Waals surface area contributed by atoms with E-state index in [0.29, 0.717) is 11.9 Å². The van der Waals surface area contributed by atoms with Gasteiger partial charge in [-0.25, -0.2) is 0 Å². The molecule has 1 aliphatic heterocycles. The number of rotatable bonds is 8. The van der Waals surface area contributed by atoms with Crippen molar-refractivity contribution in [3.05, 3.63) is 30.3 Å². The Kier molecular flexibility index (Phi) is 6.98. The van der Waals surface area contributed by atoms with Crippen LogP contribution in [0.1, 0.15) is 53.4 Å². The minimum atomic E-state index is -1.85. The first-order chi connectivity index (χ1) is 12.5. The molecule has 4 nitrogen and oxygen atoms in total. The molecule has 0 radical (unpaired) electrons. The van der Waals surface area contributed by atoms with Gasteiger partial charge in [-0.2, -0.15) is 0 Å². The van der Waals surface area contributed by atoms with Gasteiger partial charge in [-0.1, -0.05) is 61.5 Å². The molecule has 0 amide bonds. The first-order valence-corrected chi connectivity index (χ1v) is 13.1. The van der Waals surface area contributed by atoms with E-state index in [0.717, 1.165) is 19.3 Å². The van der Waals surface area contributed by atoms with Crippen LogP contribution in [0.2, 0.25) is 18.5 Å². The summed E-state index contributed by atoms with van der Waals surface area (Å²) >= 11 is 0. The van der Waals surface area contributed by atoms with Gasteiger partial charge in [0.1, 0.15) is 0 Å². The number of esters is 1. The highest BCUT2D eigenvalue weighted by atomic mass is 28.3. The average molecular weight is 390 g/mol. The van der Waals surface area contributed by atoms with E-state index in [4.69, 9.17) is 14.0 Å². The molecule has 1 fully saturated rings. The van der Waals surface area contributed by atoms with E-state index in [2.05, 4.69) is 71.1 Å². The van der Waals surface area contributed by atoms with Crippen molar-refractivity contribution in [3.8, 4) is 0 Å². The predicted molar refractivity (Wildman–Crippen MR) is 114 cm³/mol. The van der Waals surface area contributed by atoms with Crippen molar-refractivity contribution >= 4 is 26.3 Å². The fourth-order valence-electron chi connectivity index (χ4n) is 3.71. The fraction of sp³-hybridized carbons (Fsp3) is 0.667. The number of ether oxygens (including phenoxy) is 1. The Balaban J connectivity index is 2.20. The normalized spacial score (nSPS) is 19.7. The smallest absolute Gasteiger partial charge is 0.458 e. The summed E-state index contributed by atoms with van der Waals surface area (Å²) in [5.74, 6) is -0.137. The zero-order chi connectivity index (χ0) is 20.3. The average Bonchev–Trinajstić information content (AvgIpc) is 2.82. The number of methoxy groups -OCH3 is 1. The summed E-state index contributed by atoms with van der Waals surface area (Å²) in [5, 5.41) is 1.41. The third kappa shape index (κ3) is 5.04. The molecule has 0 spiro atoms. The lowest BCUT2D eigenvalue weighted by molar-refractivity contribution is -0.140. The molecular weight excluding hydrogens is 355 g/mol. The van der Waals surface area contributed by atoms with Gasteiger partial charge in [-0.15, -0.1) is 0 Å². The number of hydrogen-bond acceptors (Lipinski definition) is 4. The van der Waals surface area contributed by atoms with E-state index in [1.807, 2.05) is 0 Å². The monoisotopic (exact) mass is 390 g/mol. The van der Waals surface area contributed by atoms with Crippen molar-refractivity contribution in [3.63, 3.8) is 0 Å². The number of hydrogen-bond donors (Lipinski definition) is 0. The maximum absolute atomic E-state index is 11.4. The minimum Gasteiger partial charge on any atom is -0.469 e. The Bertz CT molecular complexity index is 614. The molecule has 2 rings (SSSR count). The van der Waals surface area contributed by atoms with E-state index < -0.39 is 8.07 Å². The maximum atomic E-state index is 11.4. The van der Waals surface area contributed by atoms with Crippen molar-refractivity contribution < 1.29 is 18.8 Å². The van der Waals surface area contributed by atoms with E-state index in [1.54, 1.807) is 0 Å². The van der Waals surface area contributed by atoms with Crippen LogP contribution in [0.4, 0.5) is 0 Å². The lowest BCUT2D eigenvalue weighted by atomic mass is 9.80. The third-order valence-corrected chi connectivity index (χ3v) is 10.7. The molecule has 1 heterocycles. The molecule has 6 heteroatoms. The molecule has 0 aliphatic carbocycles. The van der Waals surface area contributed by atoms with Crippen LogP contribution in [0.15, 0.2) is 30.3 Å². The van der Waals surface area contributed by atoms with Crippen LogP contribution in [-0.4, -0.2) is 39.5 Å². The molecule has 0 bridgehead atoms. The topological polar surface area (TPSA) is 44.8 Å². The second kappa shape index (κ2) is 8.50. The van der Waals surface area contributed by atoms with Gasteiger partial charge in [-0.05, 0) is 39.6 Å². The standard InChI is InChI=1S/C21H35BO4Si/c1-20(2)21(3,4)26-22(25-20)18(15-11-12-16-19(23)24-5)27(6,7)17-13-9-8-10-14-17/h8-10,13-14,18H,11-12,15-16H2,1-7H3. The summed E-state index contributed by atoms with van der Waals surface area (Å²) in [7, 11) is -0.618. The lowest BCUT2D eigenvalue weighted by Crippen LogP contribution is -2.52. The van der Waals surface area contributed by atoms with Gasteiger partial charge < -0.3 is 14.0 Å². The minimum absolute atomic E-state index is 0.137. The summed E-state index contributed by atoms with van der Waals surface area (Å²) in [6, 6.07) is 10.8. The van der Waals surface area contributed by atoms with Crippen LogP contribution in [-0.2, 0) is 18.8 Å². The lowest BCUT2D eigenvalue weighted by Gasteiger charge is -2.34. The van der Waals surface area contributed by atoms with Crippen LogP contribution in [0.5, 0.6) is 0 Å². The SMILES string of the molecule is COC(=O)CCCCC(B1OC(C)(C)C(C)(C)O1)[Si](C)(C)c1ccccc1. The van der Waals surface area contributed by atoms with Crippen molar-refractivity contribution in [2.45, 2.75) is 83.1 Å². The second-order valence-electron chi connectivity index (χ2n) is 9.14. The maximum Gasteiger partial charge on any atom is 0.458 e. The molecule has 1 unspecified atom stereocenters. The molecule has 27 heavy (non-hydrogen) atoms. The molecule has 1 atom stereocenters. The van der Waals surface area contributed by atoms with E-state index >= 15 is 0 Å². The quantitative estimate of drug-likeness (QED) is 0.376. The van der Waals surface area contributed by atoms with E-state index in [1.165, 1.54) is 12.3 Å². The summed E-state index contributed by atoms with van der Waals surface area (Å²) in [4.78, 5) is 11.4. The number of carbonyl (C=O) groups excluding carboxylic acids is 1. The van der Waals surface area contributed by atoms with Gasteiger partial charge in [0.05, 0.1) is 26.4 Å². The third-order valence-electron chi connectivity index (χ3n) is 6.42. The first kappa shape index (κ1) is 22.2. The van der Waals surface area contributed by atoms with Gasteiger partial charge in [0.25, 0.3) is 0 Å². The zero-order valence-corrected chi connectivity index (χ0v) is 19.0. The van der Waals surface area contributed by atoms with Crippen LogP contribution in [0.25, 0.3) is 0 Å². The molecular formula is C21H35BO4Si.